The SMILES string of the molecule is Cc1cc(C)cc(N(C)c2ncc(CCl)cc2Cl)c1. The zero-order valence-electron chi connectivity index (χ0n) is 11.2. The molecule has 19 heavy (non-hydrogen) atoms. The van der Waals surface area contributed by atoms with Crippen LogP contribution in [0.3, 0.4) is 0 Å². The van der Waals surface area contributed by atoms with Gasteiger partial charge in [0.15, 0.2) is 5.82 Å². The second-order valence-corrected chi connectivity index (χ2v) is 5.36. The zero-order valence-corrected chi connectivity index (χ0v) is 12.8. The van der Waals surface area contributed by atoms with Crippen molar-refractivity contribution in [2.45, 2.75) is 19.7 Å². The van der Waals surface area contributed by atoms with Crippen molar-refractivity contribution in [2.24, 2.45) is 0 Å². The zero-order chi connectivity index (χ0) is 14.0. The van der Waals surface area contributed by atoms with Crippen LogP contribution in [0.1, 0.15) is 16.7 Å². The highest BCUT2D eigenvalue weighted by Crippen LogP contribution is 2.30. The van der Waals surface area contributed by atoms with Crippen LogP contribution in [0.15, 0.2) is 30.5 Å². The predicted molar refractivity (Wildman–Crippen MR) is 82.8 cm³/mol. The van der Waals surface area contributed by atoms with Crippen molar-refractivity contribution in [1.29, 1.82) is 0 Å². The van der Waals surface area contributed by atoms with Crippen LogP contribution in [-0.2, 0) is 5.88 Å². The monoisotopic (exact) mass is 294 g/mol. The Morgan fingerprint density at radius 3 is 2.26 bits per heavy atom. The lowest BCUT2D eigenvalue weighted by atomic mass is 10.1. The molecule has 100 valence electrons. The number of aryl methyl sites for hydroxylation is 2. The van der Waals surface area contributed by atoms with E-state index in [-0.39, 0.29) is 0 Å². The Kier molecular flexibility index (Phi) is 4.33. The minimum absolute atomic E-state index is 0.417. The van der Waals surface area contributed by atoms with E-state index in [0.29, 0.717) is 10.9 Å². The smallest absolute Gasteiger partial charge is 0.151 e. The van der Waals surface area contributed by atoms with E-state index in [4.69, 9.17) is 23.2 Å². The molecule has 0 amide bonds. The highest BCUT2D eigenvalue weighted by molar-refractivity contribution is 6.33. The van der Waals surface area contributed by atoms with Crippen LogP contribution in [0.5, 0.6) is 0 Å². The van der Waals surface area contributed by atoms with E-state index in [1.807, 2.05) is 18.0 Å². The molecular weight excluding hydrogens is 279 g/mol. The summed E-state index contributed by atoms with van der Waals surface area (Å²) < 4.78 is 0. The third-order valence-electron chi connectivity index (χ3n) is 2.94. The van der Waals surface area contributed by atoms with E-state index in [1.165, 1.54) is 11.1 Å². The summed E-state index contributed by atoms with van der Waals surface area (Å²) in [6.07, 6.45) is 1.76. The van der Waals surface area contributed by atoms with E-state index in [2.05, 4.69) is 37.0 Å². The molecule has 1 heterocycles. The largest absolute Gasteiger partial charge is 0.328 e. The third-order valence-corrected chi connectivity index (χ3v) is 3.53. The summed E-state index contributed by atoms with van der Waals surface area (Å²) in [5.74, 6) is 1.15. The second kappa shape index (κ2) is 5.81. The first-order valence-electron chi connectivity index (χ1n) is 6.03. The number of hydrogen-bond donors (Lipinski definition) is 0. The molecule has 0 N–H and O–H groups in total. The molecule has 0 saturated carbocycles. The molecule has 0 aliphatic carbocycles. The average Bonchev–Trinajstić information content (AvgIpc) is 2.36. The number of halogens is 2. The van der Waals surface area contributed by atoms with Crippen LogP contribution in [0.25, 0.3) is 0 Å². The van der Waals surface area contributed by atoms with Crippen molar-refractivity contribution in [2.75, 3.05) is 11.9 Å². The van der Waals surface area contributed by atoms with Crippen LogP contribution in [0.2, 0.25) is 5.02 Å². The van der Waals surface area contributed by atoms with Crippen molar-refractivity contribution >= 4 is 34.7 Å². The summed E-state index contributed by atoms with van der Waals surface area (Å²) >= 11 is 12.0. The second-order valence-electron chi connectivity index (χ2n) is 4.69. The molecule has 4 heteroatoms. The number of alkyl halides is 1. The fraction of sp³-hybridized carbons (Fsp3) is 0.267. The Bertz CT molecular complexity index is 576. The molecule has 0 spiro atoms. The number of aromatic nitrogens is 1. The van der Waals surface area contributed by atoms with Crippen molar-refractivity contribution in [3.8, 4) is 0 Å². The van der Waals surface area contributed by atoms with Gasteiger partial charge < -0.3 is 4.90 Å². The fourth-order valence-electron chi connectivity index (χ4n) is 2.06. The minimum atomic E-state index is 0.417. The van der Waals surface area contributed by atoms with Crippen LogP contribution < -0.4 is 4.90 Å². The van der Waals surface area contributed by atoms with E-state index >= 15 is 0 Å². The molecule has 2 nitrogen and oxygen atoms in total. The average molecular weight is 295 g/mol. The van der Waals surface area contributed by atoms with Crippen molar-refractivity contribution < 1.29 is 0 Å². The molecule has 0 fully saturated rings. The molecule has 0 unspecified atom stereocenters. The normalized spacial score (nSPS) is 10.6. The Labute approximate surface area is 124 Å². The maximum absolute atomic E-state index is 6.27. The first-order chi connectivity index (χ1) is 9.01. The molecular formula is C15H16Cl2N2. The van der Waals surface area contributed by atoms with Gasteiger partial charge in [0.05, 0.1) is 5.02 Å². The van der Waals surface area contributed by atoms with Crippen LogP contribution >= 0.6 is 23.2 Å². The van der Waals surface area contributed by atoms with Crippen molar-refractivity contribution in [1.82, 2.24) is 4.98 Å². The summed E-state index contributed by atoms with van der Waals surface area (Å²) in [6.45, 7) is 4.16. The summed E-state index contributed by atoms with van der Waals surface area (Å²) in [7, 11) is 1.96. The minimum Gasteiger partial charge on any atom is -0.328 e. The van der Waals surface area contributed by atoms with Gasteiger partial charge in [-0.15, -0.1) is 11.6 Å². The number of hydrogen-bond acceptors (Lipinski definition) is 2. The van der Waals surface area contributed by atoms with E-state index < -0.39 is 0 Å². The summed E-state index contributed by atoms with van der Waals surface area (Å²) in [5.41, 5.74) is 4.43. The van der Waals surface area contributed by atoms with Crippen molar-refractivity contribution in [3.63, 3.8) is 0 Å². The van der Waals surface area contributed by atoms with Crippen molar-refractivity contribution in [3.05, 3.63) is 52.2 Å². The Morgan fingerprint density at radius 1 is 1.11 bits per heavy atom. The molecule has 0 saturated heterocycles. The quantitative estimate of drug-likeness (QED) is 0.752. The fourth-order valence-corrected chi connectivity index (χ4v) is 2.52. The number of pyridine rings is 1. The summed E-state index contributed by atoms with van der Waals surface area (Å²) in [5, 5.41) is 0.611. The molecule has 1 aromatic carbocycles. The van der Waals surface area contributed by atoms with Gasteiger partial charge in [0, 0.05) is 24.8 Å². The molecule has 0 aliphatic heterocycles. The number of anilines is 2. The lowest BCUT2D eigenvalue weighted by molar-refractivity contribution is 1.11. The summed E-state index contributed by atoms with van der Waals surface area (Å²) in [4.78, 5) is 6.38. The first-order valence-corrected chi connectivity index (χ1v) is 6.95. The van der Waals surface area contributed by atoms with E-state index in [1.54, 1.807) is 6.20 Å². The highest BCUT2D eigenvalue weighted by Gasteiger charge is 2.11. The highest BCUT2D eigenvalue weighted by atomic mass is 35.5. The van der Waals surface area contributed by atoms with Gasteiger partial charge in [0.2, 0.25) is 0 Å². The Balaban J connectivity index is 2.40. The van der Waals surface area contributed by atoms with Gasteiger partial charge in [-0.25, -0.2) is 4.98 Å². The Morgan fingerprint density at radius 2 is 1.74 bits per heavy atom. The lowest BCUT2D eigenvalue weighted by Crippen LogP contribution is -2.12. The molecule has 1 aromatic heterocycles. The van der Waals surface area contributed by atoms with E-state index in [0.717, 1.165) is 17.1 Å². The summed E-state index contributed by atoms with van der Waals surface area (Å²) in [6, 6.07) is 8.22. The van der Waals surface area contributed by atoms with Gasteiger partial charge in [0.1, 0.15) is 0 Å². The topological polar surface area (TPSA) is 16.1 Å². The van der Waals surface area contributed by atoms with Crippen LogP contribution in [0.4, 0.5) is 11.5 Å². The van der Waals surface area contributed by atoms with Gasteiger partial charge in [-0.3, -0.25) is 0 Å². The standard InChI is InChI=1S/C15H16Cl2N2/c1-10-4-11(2)6-13(5-10)19(3)15-14(17)7-12(8-16)9-18-15/h4-7,9H,8H2,1-3H3. The molecule has 0 bridgehead atoms. The van der Waals surface area contributed by atoms with Gasteiger partial charge in [-0.05, 0) is 48.7 Å². The van der Waals surface area contributed by atoms with Gasteiger partial charge in [0.25, 0.3) is 0 Å². The third kappa shape index (κ3) is 3.20. The van der Waals surface area contributed by atoms with Gasteiger partial charge in [-0.2, -0.15) is 0 Å². The number of benzene rings is 1. The van der Waals surface area contributed by atoms with Crippen LogP contribution in [-0.4, -0.2) is 12.0 Å². The molecule has 0 atom stereocenters. The predicted octanol–water partition coefficient (Wildman–Crippen LogP) is 4.86. The maximum atomic E-state index is 6.27. The first kappa shape index (κ1) is 14.2. The lowest BCUT2D eigenvalue weighted by Gasteiger charge is -2.21. The van der Waals surface area contributed by atoms with Gasteiger partial charge in [-0.1, -0.05) is 17.7 Å². The molecule has 2 aromatic rings. The number of rotatable bonds is 3. The number of nitrogens with zero attached hydrogens (tertiary/aromatic N) is 2. The van der Waals surface area contributed by atoms with E-state index in [9.17, 15) is 0 Å². The Hall–Kier alpha value is -1.25. The van der Waals surface area contributed by atoms with Gasteiger partial charge >= 0.3 is 0 Å². The van der Waals surface area contributed by atoms with Crippen LogP contribution in [0, 0.1) is 13.8 Å². The maximum Gasteiger partial charge on any atom is 0.151 e. The molecule has 0 aliphatic rings. The molecule has 2 rings (SSSR count). The molecule has 0 radical (unpaired) electrons.